The van der Waals surface area contributed by atoms with Crippen LogP contribution in [-0.2, 0) is 19.1 Å². The summed E-state index contributed by atoms with van der Waals surface area (Å²) in [5.41, 5.74) is -0.0291. The maximum absolute atomic E-state index is 13.0. The van der Waals surface area contributed by atoms with Crippen LogP contribution >= 0.6 is 0 Å². The van der Waals surface area contributed by atoms with Crippen LogP contribution in [0.15, 0.2) is 71.2 Å². The van der Waals surface area contributed by atoms with Crippen LogP contribution in [0.1, 0.15) is 34.1 Å². The number of carbonyl (C=O) groups excluding carboxylic acids is 2. The Morgan fingerprint density at radius 1 is 0.967 bits per heavy atom. The third-order valence-electron chi connectivity index (χ3n) is 3.71. The zero-order chi connectivity index (χ0) is 22.0. The van der Waals surface area contributed by atoms with Crippen LogP contribution < -0.4 is 8.92 Å². The van der Waals surface area contributed by atoms with E-state index in [1.165, 1.54) is 0 Å². The molecule has 2 aromatic rings. The van der Waals surface area contributed by atoms with E-state index in [9.17, 15) is 9.59 Å². The van der Waals surface area contributed by atoms with Gasteiger partial charge in [-0.1, -0.05) is 0 Å². The minimum absolute atomic E-state index is 0.0262. The van der Waals surface area contributed by atoms with Crippen molar-refractivity contribution in [2.45, 2.75) is 44.5 Å². The van der Waals surface area contributed by atoms with Gasteiger partial charge in [0, 0.05) is 0 Å². The molecule has 0 radical (unpaired) electrons. The van der Waals surface area contributed by atoms with Crippen LogP contribution in [0.25, 0.3) is 0 Å². The molecule has 0 fully saturated rings. The van der Waals surface area contributed by atoms with Gasteiger partial charge in [-0.05, 0) is 0 Å². The SMILES string of the molecule is CCOC(=O)/C(=C\[Se]c1ccccc1)CC([Se]c1ccccc1)C(=O)OC(C)(C)C. The molecule has 160 valence electrons. The molecule has 0 aliphatic carbocycles. The first-order valence-electron chi connectivity index (χ1n) is 9.81. The predicted molar refractivity (Wildman–Crippen MR) is 123 cm³/mol. The summed E-state index contributed by atoms with van der Waals surface area (Å²) in [5.74, 6) is -0.624. The van der Waals surface area contributed by atoms with Crippen molar-refractivity contribution in [3.8, 4) is 0 Å². The predicted octanol–water partition coefficient (Wildman–Crippen LogP) is 3.01. The summed E-state index contributed by atoms with van der Waals surface area (Å²) in [6.45, 7) is 7.67. The zero-order valence-corrected chi connectivity index (χ0v) is 21.2. The van der Waals surface area contributed by atoms with Crippen LogP contribution in [0, 0.1) is 0 Å². The molecular formula is C24H28O4Se2. The molecule has 0 spiro atoms. The van der Waals surface area contributed by atoms with Crippen molar-refractivity contribution < 1.29 is 19.1 Å². The molecule has 0 heterocycles. The molecule has 0 aliphatic rings. The molecule has 2 aromatic carbocycles. The Bertz CT molecular complexity index is 843. The molecule has 0 bridgehead atoms. The first kappa shape index (κ1) is 24.4. The van der Waals surface area contributed by atoms with E-state index in [1.807, 2.05) is 86.4 Å². The number of benzene rings is 2. The van der Waals surface area contributed by atoms with E-state index in [0.717, 1.165) is 8.92 Å². The van der Waals surface area contributed by atoms with E-state index >= 15 is 0 Å². The van der Waals surface area contributed by atoms with Crippen LogP contribution in [-0.4, -0.2) is 54.1 Å². The van der Waals surface area contributed by atoms with Crippen molar-refractivity contribution in [1.29, 1.82) is 0 Å². The summed E-state index contributed by atoms with van der Waals surface area (Å²) in [5, 5.41) is 0. The summed E-state index contributed by atoms with van der Waals surface area (Å²) < 4.78 is 13.2. The van der Waals surface area contributed by atoms with Gasteiger partial charge in [0.1, 0.15) is 0 Å². The Kier molecular flexibility index (Phi) is 9.87. The topological polar surface area (TPSA) is 52.6 Å². The minimum atomic E-state index is -0.579. The Balaban J connectivity index is 2.27. The molecule has 0 aromatic heterocycles. The maximum atomic E-state index is 13.0. The monoisotopic (exact) mass is 540 g/mol. The van der Waals surface area contributed by atoms with Crippen LogP contribution in [0.4, 0.5) is 0 Å². The summed E-state index contributed by atoms with van der Waals surface area (Å²) in [4.78, 5) is 27.1. The molecular weight excluding hydrogens is 510 g/mol. The molecule has 0 aliphatic heterocycles. The number of esters is 2. The van der Waals surface area contributed by atoms with Crippen LogP contribution in [0.2, 0.25) is 4.82 Å². The van der Waals surface area contributed by atoms with Gasteiger partial charge in [-0.25, -0.2) is 0 Å². The Morgan fingerprint density at radius 3 is 2.07 bits per heavy atom. The first-order valence-corrected chi connectivity index (χ1v) is 13.5. The number of ether oxygens (including phenoxy) is 2. The Morgan fingerprint density at radius 2 is 1.53 bits per heavy atom. The molecule has 0 amide bonds. The molecule has 4 nitrogen and oxygen atoms in total. The second-order valence-electron chi connectivity index (χ2n) is 7.45. The average Bonchev–Trinajstić information content (AvgIpc) is 2.70. The molecule has 30 heavy (non-hydrogen) atoms. The summed E-state index contributed by atoms with van der Waals surface area (Å²) in [7, 11) is 0. The van der Waals surface area contributed by atoms with Crippen molar-refractivity contribution in [2.24, 2.45) is 0 Å². The summed E-state index contributed by atoms with van der Waals surface area (Å²) >= 11 is -0.198. The van der Waals surface area contributed by atoms with Crippen LogP contribution in [0.3, 0.4) is 0 Å². The van der Waals surface area contributed by atoms with Gasteiger partial charge in [-0.15, -0.1) is 0 Å². The molecule has 1 atom stereocenters. The molecule has 0 saturated heterocycles. The van der Waals surface area contributed by atoms with Gasteiger partial charge in [-0.3, -0.25) is 0 Å². The van der Waals surface area contributed by atoms with Crippen molar-refractivity contribution in [1.82, 2.24) is 0 Å². The van der Waals surface area contributed by atoms with Gasteiger partial charge in [0.2, 0.25) is 0 Å². The summed E-state index contributed by atoms with van der Waals surface area (Å²) in [6, 6.07) is 19.9. The molecule has 6 heteroatoms. The van der Waals surface area contributed by atoms with Gasteiger partial charge in [0.25, 0.3) is 0 Å². The zero-order valence-electron chi connectivity index (χ0n) is 17.8. The van der Waals surface area contributed by atoms with Crippen LogP contribution in [0.5, 0.6) is 0 Å². The van der Waals surface area contributed by atoms with E-state index in [-0.39, 0.29) is 41.9 Å². The fraction of sp³-hybridized carbons (Fsp3) is 0.333. The van der Waals surface area contributed by atoms with Crippen molar-refractivity contribution >= 4 is 50.8 Å². The number of hydrogen-bond donors (Lipinski definition) is 0. The number of rotatable bonds is 9. The third kappa shape index (κ3) is 8.89. The quantitative estimate of drug-likeness (QED) is 0.280. The average molecular weight is 538 g/mol. The van der Waals surface area contributed by atoms with E-state index < -0.39 is 10.4 Å². The summed E-state index contributed by atoms with van der Waals surface area (Å²) in [6.07, 6.45) is 0.317. The van der Waals surface area contributed by atoms with Gasteiger partial charge < -0.3 is 0 Å². The number of carbonyl (C=O) groups is 2. The fourth-order valence-corrected chi connectivity index (χ4v) is 6.30. The van der Waals surface area contributed by atoms with Gasteiger partial charge in [-0.2, -0.15) is 0 Å². The Hall–Kier alpha value is -1.84. The molecule has 2 rings (SSSR count). The van der Waals surface area contributed by atoms with Gasteiger partial charge in [0.15, 0.2) is 0 Å². The Labute approximate surface area is 191 Å². The van der Waals surface area contributed by atoms with Crippen molar-refractivity contribution in [2.75, 3.05) is 6.61 Å². The first-order chi connectivity index (χ1) is 14.3. The van der Waals surface area contributed by atoms with E-state index in [0.29, 0.717) is 18.6 Å². The second-order valence-corrected chi connectivity index (χ2v) is 12.1. The van der Waals surface area contributed by atoms with E-state index in [2.05, 4.69) is 0 Å². The second kappa shape index (κ2) is 12.1. The van der Waals surface area contributed by atoms with Gasteiger partial charge in [0.05, 0.1) is 0 Å². The van der Waals surface area contributed by atoms with E-state index in [1.54, 1.807) is 6.92 Å². The van der Waals surface area contributed by atoms with Crippen molar-refractivity contribution in [3.63, 3.8) is 0 Å². The molecule has 0 N–H and O–H groups in total. The fourth-order valence-electron chi connectivity index (χ4n) is 2.45. The normalized spacial score (nSPS) is 12.9. The van der Waals surface area contributed by atoms with E-state index in [4.69, 9.17) is 9.47 Å². The molecule has 1 unspecified atom stereocenters. The molecule has 0 saturated carbocycles. The van der Waals surface area contributed by atoms with Gasteiger partial charge >= 0.3 is 192 Å². The van der Waals surface area contributed by atoms with Crippen molar-refractivity contribution in [3.05, 3.63) is 71.2 Å². The number of hydrogen-bond acceptors (Lipinski definition) is 4. The standard InChI is InChI=1S/C24H28O4Se2/c1-5-27-22(25)18(17-29-19-12-8-6-9-13-19)16-21(23(26)28-24(2,3)4)30-20-14-10-7-11-15-20/h6-15,17,21H,5,16H2,1-4H3/b18-17-. The third-order valence-corrected chi connectivity index (χ3v) is 8.19.